The van der Waals surface area contributed by atoms with Gasteiger partial charge in [0.05, 0.1) is 16.4 Å². The molecule has 0 saturated carbocycles. The van der Waals surface area contributed by atoms with Crippen molar-refractivity contribution in [3.8, 4) is 0 Å². The minimum atomic E-state index is -0.846. The normalized spacial score (nSPS) is 13.0. The maximum Gasteiger partial charge on any atom is 0.153 e. The summed E-state index contributed by atoms with van der Waals surface area (Å²) in [7, 11) is 0. The molecule has 0 aliphatic carbocycles. The molecule has 2 aromatic heterocycles. The molecule has 2 heterocycles. The first-order valence-corrected chi connectivity index (χ1v) is 7.44. The number of hydrogen-bond acceptors (Lipinski definition) is 3. The molecule has 0 spiro atoms. The molecule has 0 amide bonds. The SMILES string of the molecule is CCc1cc(C(O)c2cc3cccc(Cl)c3o2)n(CC)n1. The maximum absolute atomic E-state index is 10.6. The van der Waals surface area contributed by atoms with Crippen LogP contribution in [0.1, 0.15) is 37.1 Å². The zero-order chi connectivity index (χ0) is 15.0. The van der Waals surface area contributed by atoms with Gasteiger partial charge in [0, 0.05) is 11.9 Å². The average Bonchev–Trinajstić information content (AvgIpc) is 3.11. The summed E-state index contributed by atoms with van der Waals surface area (Å²) in [5, 5.41) is 16.5. The highest BCUT2D eigenvalue weighted by molar-refractivity contribution is 6.34. The Labute approximate surface area is 127 Å². The highest BCUT2D eigenvalue weighted by atomic mass is 35.5. The van der Waals surface area contributed by atoms with E-state index in [1.807, 2.05) is 38.1 Å². The summed E-state index contributed by atoms with van der Waals surface area (Å²) in [5.41, 5.74) is 2.30. The topological polar surface area (TPSA) is 51.2 Å². The van der Waals surface area contributed by atoms with Gasteiger partial charge in [0.25, 0.3) is 0 Å². The zero-order valence-corrected chi connectivity index (χ0v) is 12.8. The second-order valence-corrected chi connectivity index (χ2v) is 5.35. The van der Waals surface area contributed by atoms with E-state index < -0.39 is 6.10 Å². The smallest absolute Gasteiger partial charge is 0.153 e. The predicted molar refractivity (Wildman–Crippen MR) is 82.6 cm³/mol. The highest BCUT2D eigenvalue weighted by Gasteiger charge is 2.21. The van der Waals surface area contributed by atoms with E-state index >= 15 is 0 Å². The largest absolute Gasteiger partial charge is 0.456 e. The van der Waals surface area contributed by atoms with E-state index in [1.54, 1.807) is 10.7 Å². The van der Waals surface area contributed by atoms with Gasteiger partial charge in [0.15, 0.2) is 11.7 Å². The lowest BCUT2D eigenvalue weighted by atomic mass is 10.1. The minimum absolute atomic E-state index is 0.482. The Hall–Kier alpha value is -1.78. The van der Waals surface area contributed by atoms with Crippen LogP contribution in [0.4, 0.5) is 0 Å². The first-order chi connectivity index (χ1) is 10.1. The van der Waals surface area contributed by atoms with Crippen molar-refractivity contribution in [1.82, 2.24) is 9.78 Å². The molecular formula is C16H17ClN2O2. The summed E-state index contributed by atoms with van der Waals surface area (Å²) in [6.45, 7) is 4.74. The Kier molecular flexibility index (Phi) is 3.74. The van der Waals surface area contributed by atoms with E-state index in [0.717, 1.165) is 23.2 Å². The Balaban J connectivity index is 2.05. The Morgan fingerprint density at radius 3 is 2.81 bits per heavy atom. The lowest BCUT2D eigenvalue weighted by molar-refractivity contribution is 0.181. The van der Waals surface area contributed by atoms with Crippen molar-refractivity contribution in [3.63, 3.8) is 0 Å². The van der Waals surface area contributed by atoms with Gasteiger partial charge < -0.3 is 9.52 Å². The average molecular weight is 305 g/mol. The van der Waals surface area contributed by atoms with Crippen LogP contribution in [0.2, 0.25) is 5.02 Å². The van der Waals surface area contributed by atoms with Crippen LogP contribution in [0.3, 0.4) is 0 Å². The minimum Gasteiger partial charge on any atom is -0.456 e. The number of aryl methyl sites for hydroxylation is 2. The quantitative estimate of drug-likeness (QED) is 0.794. The van der Waals surface area contributed by atoms with E-state index in [-0.39, 0.29) is 0 Å². The van der Waals surface area contributed by atoms with Crippen LogP contribution in [-0.2, 0) is 13.0 Å². The summed E-state index contributed by atoms with van der Waals surface area (Å²) < 4.78 is 7.54. The second kappa shape index (κ2) is 5.54. The summed E-state index contributed by atoms with van der Waals surface area (Å²) in [6.07, 6.45) is -0.0141. The first kappa shape index (κ1) is 14.2. The van der Waals surface area contributed by atoms with Crippen molar-refractivity contribution in [2.45, 2.75) is 32.9 Å². The second-order valence-electron chi connectivity index (χ2n) is 4.94. The first-order valence-electron chi connectivity index (χ1n) is 7.06. The molecule has 1 atom stereocenters. The van der Waals surface area contributed by atoms with E-state index in [1.165, 1.54) is 0 Å². The molecule has 1 unspecified atom stereocenters. The summed E-state index contributed by atoms with van der Waals surface area (Å²) in [6, 6.07) is 9.29. The molecule has 0 aliphatic heterocycles. The number of aromatic nitrogens is 2. The number of halogens is 1. The molecular weight excluding hydrogens is 288 g/mol. The summed E-state index contributed by atoms with van der Waals surface area (Å²) >= 11 is 6.11. The fourth-order valence-corrected chi connectivity index (χ4v) is 2.68. The van der Waals surface area contributed by atoms with Crippen LogP contribution >= 0.6 is 11.6 Å². The molecule has 1 N–H and O–H groups in total. The van der Waals surface area contributed by atoms with Gasteiger partial charge >= 0.3 is 0 Å². The Morgan fingerprint density at radius 1 is 1.33 bits per heavy atom. The zero-order valence-electron chi connectivity index (χ0n) is 12.0. The lowest BCUT2D eigenvalue weighted by Crippen LogP contribution is -2.08. The molecule has 0 bridgehead atoms. The summed E-state index contributed by atoms with van der Waals surface area (Å²) in [4.78, 5) is 0. The molecule has 0 saturated heterocycles. The molecule has 4 nitrogen and oxygen atoms in total. The Bertz CT molecular complexity index is 776. The number of aliphatic hydroxyl groups is 1. The van der Waals surface area contributed by atoms with Crippen molar-refractivity contribution in [2.24, 2.45) is 0 Å². The van der Waals surface area contributed by atoms with Crippen molar-refractivity contribution in [1.29, 1.82) is 0 Å². The number of nitrogens with zero attached hydrogens (tertiary/aromatic N) is 2. The number of rotatable bonds is 4. The molecule has 110 valence electrons. The van der Waals surface area contributed by atoms with E-state index in [9.17, 15) is 5.11 Å². The number of furan rings is 1. The standard InChI is InChI=1S/C16H17ClN2O2/c1-3-11-9-13(19(4-2)18-11)15(20)14-8-10-6-5-7-12(17)16(10)21-14/h5-9,15,20H,3-4H2,1-2H3. The van der Waals surface area contributed by atoms with Crippen LogP contribution in [-0.4, -0.2) is 14.9 Å². The van der Waals surface area contributed by atoms with Gasteiger partial charge in [-0.1, -0.05) is 30.7 Å². The molecule has 21 heavy (non-hydrogen) atoms. The van der Waals surface area contributed by atoms with Crippen molar-refractivity contribution >= 4 is 22.6 Å². The van der Waals surface area contributed by atoms with Gasteiger partial charge in [-0.2, -0.15) is 5.10 Å². The van der Waals surface area contributed by atoms with Gasteiger partial charge in [-0.3, -0.25) is 4.68 Å². The third-order valence-corrected chi connectivity index (χ3v) is 3.89. The van der Waals surface area contributed by atoms with Crippen LogP contribution in [0, 0.1) is 0 Å². The van der Waals surface area contributed by atoms with Crippen molar-refractivity contribution in [3.05, 3.63) is 52.5 Å². The summed E-state index contributed by atoms with van der Waals surface area (Å²) in [5.74, 6) is 0.482. The number of aliphatic hydroxyl groups excluding tert-OH is 1. The van der Waals surface area contributed by atoms with Crippen LogP contribution < -0.4 is 0 Å². The Morgan fingerprint density at radius 2 is 2.14 bits per heavy atom. The third kappa shape index (κ3) is 2.45. The molecule has 5 heteroatoms. The van der Waals surface area contributed by atoms with Crippen molar-refractivity contribution < 1.29 is 9.52 Å². The van der Waals surface area contributed by atoms with Crippen molar-refractivity contribution in [2.75, 3.05) is 0 Å². The van der Waals surface area contributed by atoms with E-state index in [0.29, 0.717) is 22.9 Å². The lowest BCUT2D eigenvalue weighted by Gasteiger charge is -2.09. The van der Waals surface area contributed by atoms with Crippen LogP contribution in [0.5, 0.6) is 0 Å². The number of fused-ring (bicyclic) bond motifs is 1. The van der Waals surface area contributed by atoms with Gasteiger partial charge in [-0.25, -0.2) is 0 Å². The van der Waals surface area contributed by atoms with Gasteiger partial charge in [-0.05, 0) is 31.5 Å². The van der Waals surface area contributed by atoms with Gasteiger partial charge in [0.2, 0.25) is 0 Å². The predicted octanol–water partition coefficient (Wildman–Crippen LogP) is 3.95. The highest BCUT2D eigenvalue weighted by Crippen LogP contribution is 2.32. The number of hydrogen-bond donors (Lipinski definition) is 1. The monoisotopic (exact) mass is 304 g/mol. The molecule has 0 radical (unpaired) electrons. The van der Waals surface area contributed by atoms with Crippen LogP contribution in [0.15, 0.2) is 34.7 Å². The number of benzene rings is 1. The third-order valence-electron chi connectivity index (χ3n) is 3.59. The molecule has 3 rings (SSSR count). The van der Waals surface area contributed by atoms with Gasteiger partial charge in [0.1, 0.15) is 5.76 Å². The number of para-hydroxylation sites is 1. The van der Waals surface area contributed by atoms with Crippen LogP contribution in [0.25, 0.3) is 11.0 Å². The molecule has 0 aliphatic rings. The molecule has 1 aromatic carbocycles. The van der Waals surface area contributed by atoms with E-state index in [4.69, 9.17) is 16.0 Å². The van der Waals surface area contributed by atoms with E-state index in [2.05, 4.69) is 5.10 Å². The maximum atomic E-state index is 10.6. The molecule has 0 fully saturated rings. The molecule has 3 aromatic rings. The fraction of sp³-hybridized carbons (Fsp3) is 0.312. The van der Waals surface area contributed by atoms with Gasteiger partial charge in [-0.15, -0.1) is 0 Å². The fourth-order valence-electron chi connectivity index (χ4n) is 2.46.